The molecule has 23 heavy (non-hydrogen) atoms. The highest BCUT2D eigenvalue weighted by Gasteiger charge is 2.31. The predicted molar refractivity (Wildman–Crippen MR) is 79.5 cm³/mol. The first-order valence-corrected chi connectivity index (χ1v) is 6.35. The molecule has 0 fully saturated rings. The van der Waals surface area contributed by atoms with Crippen LogP contribution in [0.5, 0.6) is 11.5 Å². The molecule has 0 unspecified atom stereocenters. The Bertz CT molecular complexity index is 678. The SMILES string of the molecule is Cl.N[C@H](c1ccc(OC(F)(F)F)cc1)c1ccc(F)c(Cl)c1O. The molecule has 3 N–H and O–H groups in total. The van der Waals surface area contributed by atoms with E-state index in [0.29, 0.717) is 5.56 Å². The van der Waals surface area contributed by atoms with Crippen LogP contribution in [-0.4, -0.2) is 11.5 Å². The summed E-state index contributed by atoms with van der Waals surface area (Å²) in [5.74, 6) is -1.71. The van der Waals surface area contributed by atoms with Crippen molar-refractivity contribution in [2.45, 2.75) is 12.4 Å². The Morgan fingerprint density at radius 2 is 1.65 bits per heavy atom. The lowest BCUT2D eigenvalue weighted by Crippen LogP contribution is -2.17. The topological polar surface area (TPSA) is 55.5 Å². The van der Waals surface area contributed by atoms with Gasteiger partial charge in [0, 0.05) is 5.56 Å². The Hall–Kier alpha value is -1.70. The van der Waals surface area contributed by atoms with Crippen molar-refractivity contribution in [1.29, 1.82) is 0 Å². The van der Waals surface area contributed by atoms with Gasteiger partial charge in [-0.2, -0.15) is 0 Å². The number of aromatic hydroxyl groups is 1. The van der Waals surface area contributed by atoms with Crippen LogP contribution in [0.3, 0.4) is 0 Å². The Kier molecular flexibility index (Phi) is 6.10. The molecule has 0 saturated carbocycles. The highest BCUT2D eigenvalue weighted by atomic mass is 35.5. The number of ether oxygens (including phenoxy) is 1. The molecule has 1 atom stereocenters. The molecule has 2 rings (SSSR count). The lowest BCUT2D eigenvalue weighted by Gasteiger charge is -2.16. The second-order valence-electron chi connectivity index (χ2n) is 4.39. The van der Waals surface area contributed by atoms with Gasteiger partial charge in [0.15, 0.2) is 0 Å². The third-order valence-electron chi connectivity index (χ3n) is 2.91. The number of rotatable bonds is 3. The van der Waals surface area contributed by atoms with Gasteiger partial charge >= 0.3 is 6.36 Å². The Morgan fingerprint density at radius 3 is 2.17 bits per heavy atom. The highest BCUT2D eigenvalue weighted by molar-refractivity contribution is 6.32. The highest BCUT2D eigenvalue weighted by Crippen LogP contribution is 2.35. The first-order chi connectivity index (χ1) is 10.2. The fourth-order valence-electron chi connectivity index (χ4n) is 1.86. The van der Waals surface area contributed by atoms with Crippen molar-refractivity contribution in [2.75, 3.05) is 0 Å². The number of alkyl halides is 3. The summed E-state index contributed by atoms with van der Waals surface area (Å²) in [7, 11) is 0. The van der Waals surface area contributed by atoms with Gasteiger partial charge in [0.25, 0.3) is 0 Å². The molecule has 0 radical (unpaired) electrons. The number of phenols is 1. The van der Waals surface area contributed by atoms with Crippen LogP contribution in [0.2, 0.25) is 5.02 Å². The molecule has 0 spiro atoms. The summed E-state index contributed by atoms with van der Waals surface area (Å²) in [4.78, 5) is 0. The Labute approximate surface area is 140 Å². The minimum absolute atomic E-state index is 0. The van der Waals surface area contributed by atoms with E-state index in [1.165, 1.54) is 18.2 Å². The minimum Gasteiger partial charge on any atom is -0.506 e. The summed E-state index contributed by atoms with van der Waals surface area (Å²) in [5.41, 5.74) is 6.45. The van der Waals surface area contributed by atoms with Crippen LogP contribution in [0.15, 0.2) is 36.4 Å². The summed E-state index contributed by atoms with van der Waals surface area (Å²) >= 11 is 5.59. The Balaban J connectivity index is 0.00000264. The van der Waals surface area contributed by atoms with Crippen LogP contribution in [0.1, 0.15) is 17.2 Å². The van der Waals surface area contributed by atoms with Gasteiger partial charge in [-0.1, -0.05) is 29.8 Å². The molecule has 0 saturated heterocycles. The number of phenolic OH excluding ortho intramolecular Hbond substituents is 1. The van der Waals surface area contributed by atoms with Crippen molar-refractivity contribution >= 4 is 24.0 Å². The smallest absolute Gasteiger partial charge is 0.506 e. The maximum absolute atomic E-state index is 13.2. The van der Waals surface area contributed by atoms with E-state index in [0.717, 1.165) is 18.2 Å². The zero-order chi connectivity index (χ0) is 16.5. The Morgan fingerprint density at radius 1 is 1.09 bits per heavy atom. The number of halogens is 6. The first-order valence-electron chi connectivity index (χ1n) is 5.97. The number of benzene rings is 2. The van der Waals surface area contributed by atoms with Crippen molar-refractivity contribution in [1.82, 2.24) is 0 Å². The van der Waals surface area contributed by atoms with Crippen molar-refractivity contribution in [3.63, 3.8) is 0 Å². The standard InChI is InChI=1S/C14H10ClF4NO2.ClH/c15-11-10(16)6-5-9(13(11)21)12(20)7-1-3-8(4-2-7)22-14(17,18)19;/h1-6,12,21H,20H2;1H/t12-;/m1./s1. The van der Waals surface area contributed by atoms with Gasteiger partial charge < -0.3 is 15.6 Å². The normalized spacial score (nSPS) is 12.4. The van der Waals surface area contributed by atoms with Crippen molar-refractivity contribution in [2.24, 2.45) is 5.73 Å². The molecule has 9 heteroatoms. The molecular formula is C14H11Cl2F4NO2. The van der Waals surface area contributed by atoms with Gasteiger partial charge in [0.1, 0.15) is 22.3 Å². The molecule has 0 bridgehead atoms. The van der Waals surface area contributed by atoms with E-state index in [4.69, 9.17) is 17.3 Å². The molecule has 2 aromatic rings. The monoisotopic (exact) mass is 371 g/mol. The largest absolute Gasteiger partial charge is 0.573 e. The van der Waals surface area contributed by atoms with Gasteiger partial charge in [0.05, 0.1) is 6.04 Å². The summed E-state index contributed by atoms with van der Waals surface area (Å²) in [6.07, 6.45) is -4.79. The zero-order valence-electron chi connectivity index (χ0n) is 11.3. The lowest BCUT2D eigenvalue weighted by molar-refractivity contribution is -0.274. The average molecular weight is 372 g/mol. The van der Waals surface area contributed by atoms with Crippen LogP contribution in [0, 0.1) is 5.82 Å². The van der Waals surface area contributed by atoms with E-state index >= 15 is 0 Å². The predicted octanol–water partition coefficient (Wildman–Crippen LogP) is 4.55. The van der Waals surface area contributed by atoms with Crippen molar-refractivity contribution < 1.29 is 27.4 Å². The van der Waals surface area contributed by atoms with Crippen LogP contribution >= 0.6 is 24.0 Å². The van der Waals surface area contributed by atoms with E-state index in [2.05, 4.69) is 4.74 Å². The fourth-order valence-corrected chi connectivity index (χ4v) is 2.03. The quantitative estimate of drug-likeness (QED) is 0.778. The number of hydrogen-bond donors (Lipinski definition) is 2. The maximum atomic E-state index is 13.2. The number of nitrogens with two attached hydrogens (primary N) is 1. The molecule has 2 aromatic carbocycles. The second-order valence-corrected chi connectivity index (χ2v) is 4.77. The van der Waals surface area contributed by atoms with E-state index in [-0.39, 0.29) is 18.0 Å². The van der Waals surface area contributed by atoms with E-state index in [1.807, 2.05) is 0 Å². The van der Waals surface area contributed by atoms with E-state index < -0.39 is 34.7 Å². The second kappa shape index (κ2) is 7.25. The average Bonchev–Trinajstić information content (AvgIpc) is 2.43. The third kappa shape index (κ3) is 4.63. The molecule has 3 nitrogen and oxygen atoms in total. The summed E-state index contributed by atoms with van der Waals surface area (Å²) < 4.78 is 53.1. The molecule has 0 heterocycles. The first kappa shape index (κ1) is 19.3. The van der Waals surface area contributed by atoms with Gasteiger partial charge in [-0.05, 0) is 23.8 Å². The maximum Gasteiger partial charge on any atom is 0.573 e. The molecule has 126 valence electrons. The molecule has 0 aliphatic heterocycles. The van der Waals surface area contributed by atoms with Gasteiger partial charge in [-0.3, -0.25) is 0 Å². The molecule has 0 amide bonds. The van der Waals surface area contributed by atoms with Crippen molar-refractivity contribution in [3.8, 4) is 11.5 Å². The summed E-state index contributed by atoms with van der Waals surface area (Å²) in [5, 5.41) is 9.32. The van der Waals surface area contributed by atoms with Crippen LogP contribution in [-0.2, 0) is 0 Å². The minimum atomic E-state index is -4.79. The van der Waals surface area contributed by atoms with Crippen LogP contribution < -0.4 is 10.5 Å². The molecular weight excluding hydrogens is 361 g/mol. The van der Waals surface area contributed by atoms with Gasteiger partial charge in [0.2, 0.25) is 0 Å². The third-order valence-corrected chi connectivity index (χ3v) is 3.27. The summed E-state index contributed by atoms with van der Waals surface area (Å²) in [6, 6.07) is 6.19. The molecule has 0 aliphatic rings. The molecule has 0 aliphatic carbocycles. The zero-order valence-corrected chi connectivity index (χ0v) is 12.8. The van der Waals surface area contributed by atoms with Crippen LogP contribution in [0.4, 0.5) is 17.6 Å². The summed E-state index contributed by atoms with van der Waals surface area (Å²) in [6.45, 7) is 0. The lowest BCUT2D eigenvalue weighted by atomic mass is 9.98. The van der Waals surface area contributed by atoms with Crippen molar-refractivity contribution in [3.05, 3.63) is 58.4 Å². The van der Waals surface area contributed by atoms with Crippen LogP contribution in [0.25, 0.3) is 0 Å². The molecule has 0 aromatic heterocycles. The number of hydrogen-bond acceptors (Lipinski definition) is 3. The fraction of sp³-hybridized carbons (Fsp3) is 0.143. The van der Waals surface area contributed by atoms with Gasteiger partial charge in [-0.25, -0.2) is 4.39 Å². The van der Waals surface area contributed by atoms with Gasteiger partial charge in [-0.15, -0.1) is 25.6 Å². The van der Waals surface area contributed by atoms with E-state index in [9.17, 15) is 22.7 Å². The van der Waals surface area contributed by atoms with E-state index in [1.54, 1.807) is 0 Å².